The molecule has 0 radical (unpaired) electrons. The summed E-state index contributed by atoms with van der Waals surface area (Å²) >= 11 is 6.01. The first-order chi connectivity index (χ1) is 13.4. The van der Waals surface area contributed by atoms with Crippen LogP contribution in [0, 0.1) is 23.0 Å². The lowest BCUT2D eigenvalue weighted by Crippen LogP contribution is -2.37. The highest BCUT2D eigenvalue weighted by molar-refractivity contribution is 6.31. The molecule has 0 unspecified atom stereocenters. The number of hydrogen-bond donors (Lipinski definition) is 0. The van der Waals surface area contributed by atoms with Crippen LogP contribution in [0.25, 0.3) is 0 Å². The van der Waals surface area contributed by atoms with Gasteiger partial charge in [0.15, 0.2) is 0 Å². The summed E-state index contributed by atoms with van der Waals surface area (Å²) in [7, 11) is 1.35. The van der Waals surface area contributed by atoms with Crippen molar-refractivity contribution in [3.63, 3.8) is 0 Å². The number of nitro groups is 1. The maximum Gasteiger partial charge on any atom is 0.373 e. The average Bonchev–Trinajstić information content (AvgIpc) is 2.70. The van der Waals surface area contributed by atoms with Gasteiger partial charge in [-0.2, -0.15) is 4.98 Å². The summed E-state index contributed by atoms with van der Waals surface area (Å²) in [6.45, 7) is 2.69. The molecule has 0 atom stereocenters. The number of aryl methyl sites for hydroxylation is 1. The van der Waals surface area contributed by atoms with Crippen molar-refractivity contribution in [3.05, 3.63) is 45.2 Å². The first-order valence-electron chi connectivity index (χ1n) is 8.67. The topological polar surface area (TPSA) is 108 Å². The number of aromatic nitrogens is 2. The van der Waals surface area contributed by atoms with E-state index in [0.29, 0.717) is 36.7 Å². The summed E-state index contributed by atoms with van der Waals surface area (Å²) < 4.78 is 10.4. The molecule has 0 N–H and O–H groups in total. The van der Waals surface area contributed by atoms with Crippen LogP contribution in [0.3, 0.4) is 0 Å². The summed E-state index contributed by atoms with van der Waals surface area (Å²) in [5.41, 5.74) is 0.465. The number of esters is 1. The molecule has 2 heterocycles. The molecule has 1 aromatic carbocycles. The molecule has 0 bridgehead atoms. The van der Waals surface area contributed by atoms with E-state index in [2.05, 4.69) is 9.97 Å². The van der Waals surface area contributed by atoms with E-state index in [1.165, 1.54) is 13.4 Å². The molecule has 2 aromatic rings. The van der Waals surface area contributed by atoms with Crippen molar-refractivity contribution >= 4 is 29.1 Å². The number of rotatable bonds is 5. The molecule has 28 heavy (non-hydrogen) atoms. The second-order valence-electron chi connectivity index (χ2n) is 6.41. The Balaban J connectivity index is 1.87. The molecule has 3 rings (SSSR count). The van der Waals surface area contributed by atoms with Crippen molar-refractivity contribution < 1.29 is 19.2 Å². The van der Waals surface area contributed by atoms with Crippen LogP contribution in [0.15, 0.2) is 24.5 Å². The molecule has 0 saturated carbocycles. The Bertz CT molecular complexity index is 900. The zero-order valence-corrected chi connectivity index (χ0v) is 16.2. The van der Waals surface area contributed by atoms with Crippen LogP contribution >= 0.6 is 11.6 Å². The lowest BCUT2D eigenvalue weighted by molar-refractivity contribution is -0.385. The molecule has 1 aliphatic rings. The van der Waals surface area contributed by atoms with E-state index in [1.807, 2.05) is 0 Å². The quantitative estimate of drug-likeness (QED) is 0.421. The van der Waals surface area contributed by atoms with Crippen LogP contribution in [0.5, 0.6) is 11.6 Å². The number of nitrogens with zero attached hydrogens (tertiary/aromatic N) is 4. The number of methoxy groups -OCH3 is 1. The molecule has 10 heteroatoms. The van der Waals surface area contributed by atoms with Gasteiger partial charge in [-0.3, -0.25) is 14.9 Å². The van der Waals surface area contributed by atoms with E-state index in [1.54, 1.807) is 30.0 Å². The van der Waals surface area contributed by atoms with E-state index >= 15 is 0 Å². The third-order valence-electron chi connectivity index (χ3n) is 4.62. The Kier molecular flexibility index (Phi) is 5.93. The molecule has 1 saturated heterocycles. The number of benzene rings is 1. The number of piperidine rings is 1. The fourth-order valence-corrected chi connectivity index (χ4v) is 3.22. The third-order valence-corrected chi connectivity index (χ3v) is 5.05. The first kappa shape index (κ1) is 19.8. The highest BCUT2D eigenvalue weighted by Gasteiger charge is 2.33. The molecular formula is C18H19ClN4O5. The lowest BCUT2D eigenvalue weighted by Gasteiger charge is -2.31. The van der Waals surface area contributed by atoms with Gasteiger partial charge in [0.2, 0.25) is 5.82 Å². The van der Waals surface area contributed by atoms with Crippen molar-refractivity contribution in [3.8, 4) is 11.6 Å². The van der Waals surface area contributed by atoms with Crippen LogP contribution in [-0.4, -0.2) is 41.1 Å². The van der Waals surface area contributed by atoms with Crippen molar-refractivity contribution in [2.45, 2.75) is 19.8 Å². The number of anilines is 1. The largest absolute Gasteiger partial charge is 0.469 e. The second kappa shape index (κ2) is 8.39. The first-order valence-corrected chi connectivity index (χ1v) is 9.04. The Hall–Kier alpha value is -2.94. The second-order valence-corrected chi connectivity index (χ2v) is 6.81. The summed E-state index contributed by atoms with van der Waals surface area (Å²) in [6, 6.07) is 4.94. The molecule has 148 valence electrons. The molecule has 1 aliphatic heterocycles. The minimum absolute atomic E-state index is 0.146. The van der Waals surface area contributed by atoms with Gasteiger partial charge in [-0.1, -0.05) is 11.6 Å². The van der Waals surface area contributed by atoms with E-state index in [-0.39, 0.29) is 29.3 Å². The van der Waals surface area contributed by atoms with Crippen molar-refractivity contribution in [1.29, 1.82) is 0 Å². The summed E-state index contributed by atoms with van der Waals surface area (Å²) in [4.78, 5) is 32.7. The van der Waals surface area contributed by atoms with Crippen molar-refractivity contribution in [2.75, 3.05) is 25.1 Å². The number of carbonyl (C=O) groups is 1. The van der Waals surface area contributed by atoms with Gasteiger partial charge in [-0.25, -0.2) is 4.98 Å². The lowest BCUT2D eigenvalue weighted by atomic mass is 9.97. The maximum absolute atomic E-state index is 11.7. The summed E-state index contributed by atoms with van der Waals surface area (Å²) in [6.07, 6.45) is 2.29. The van der Waals surface area contributed by atoms with Crippen molar-refractivity contribution in [2.24, 2.45) is 5.92 Å². The van der Waals surface area contributed by atoms with Gasteiger partial charge in [0, 0.05) is 18.1 Å². The zero-order valence-electron chi connectivity index (χ0n) is 15.4. The maximum atomic E-state index is 11.7. The molecule has 0 spiro atoms. The predicted octanol–water partition coefficient (Wildman–Crippen LogP) is 3.53. The van der Waals surface area contributed by atoms with E-state index < -0.39 is 4.92 Å². The SMILES string of the molecule is COC(=O)C1CCN(c2ncnc(Oc3ccc(Cl)c(C)c3)c2[N+](=O)[O-])CC1. The zero-order chi connectivity index (χ0) is 20.3. The normalized spacial score (nSPS) is 14.6. The van der Waals surface area contributed by atoms with Gasteiger partial charge in [0.1, 0.15) is 12.1 Å². The number of ether oxygens (including phenoxy) is 2. The van der Waals surface area contributed by atoms with Crippen LogP contribution < -0.4 is 9.64 Å². The Morgan fingerprint density at radius 1 is 1.32 bits per heavy atom. The van der Waals surface area contributed by atoms with E-state index in [4.69, 9.17) is 21.1 Å². The van der Waals surface area contributed by atoms with Gasteiger partial charge in [-0.05, 0) is 43.5 Å². The standard InChI is InChI=1S/C18H19ClN4O5/c1-11-9-13(3-4-14(11)19)28-17-15(23(25)26)16(20-10-21-17)22-7-5-12(6-8-22)18(24)27-2/h3-4,9-10,12H,5-8H2,1-2H3. The fourth-order valence-electron chi connectivity index (χ4n) is 3.11. The number of carbonyl (C=O) groups excluding carboxylic acids is 1. The number of hydrogen-bond acceptors (Lipinski definition) is 8. The minimum Gasteiger partial charge on any atom is -0.469 e. The third kappa shape index (κ3) is 4.14. The molecule has 0 aliphatic carbocycles. The predicted molar refractivity (Wildman–Crippen MR) is 102 cm³/mol. The van der Waals surface area contributed by atoms with Crippen molar-refractivity contribution in [1.82, 2.24) is 9.97 Å². The smallest absolute Gasteiger partial charge is 0.373 e. The van der Waals surface area contributed by atoms with Gasteiger partial charge >= 0.3 is 17.5 Å². The van der Waals surface area contributed by atoms with Gasteiger partial charge in [-0.15, -0.1) is 0 Å². The van der Waals surface area contributed by atoms with E-state index in [9.17, 15) is 14.9 Å². The fraction of sp³-hybridized carbons (Fsp3) is 0.389. The van der Waals surface area contributed by atoms with Gasteiger partial charge < -0.3 is 14.4 Å². The molecule has 1 aromatic heterocycles. The number of halogens is 1. The Morgan fingerprint density at radius 3 is 2.64 bits per heavy atom. The molecular weight excluding hydrogens is 388 g/mol. The molecule has 0 amide bonds. The van der Waals surface area contributed by atoms with Crippen LogP contribution in [-0.2, 0) is 9.53 Å². The van der Waals surface area contributed by atoms with Crippen LogP contribution in [0.4, 0.5) is 11.5 Å². The molecule has 1 fully saturated rings. The highest BCUT2D eigenvalue weighted by atomic mass is 35.5. The van der Waals surface area contributed by atoms with Gasteiger partial charge in [0.25, 0.3) is 0 Å². The Morgan fingerprint density at radius 2 is 2.04 bits per heavy atom. The summed E-state index contributed by atoms with van der Waals surface area (Å²) in [5.74, 6) is -0.0660. The van der Waals surface area contributed by atoms with Gasteiger partial charge in [0.05, 0.1) is 18.0 Å². The highest BCUT2D eigenvalue weighted by Crippen LogP contribution is 2.38. The summed E-state index contributed by atoms with van der Waals surface area (Å²) in [5, 5.41) is 12.3. The van der Waals surface area contributed by atoms with E-state index in [0.717, 1.165) is 5.56 Å². The Labute approximate surface area is 166 Å². The minimum atomic E-state index is -0.556. The monoisotopic (exact) mass is 406 g/mol. The van der Waals surface area contributed by atoms with Crippen LogP contribution in [0.2, 0.25) is 5.02 Å². The molecule has 9 nitrogen and oxygen atoms in total. The van der Waals surface area contributed by atoms with Crippen LogP contribution in [0.1, 0.15) is 18.4 Å². The average molecular weight is 407 g/mol.